The van der Waals surface area contributed by atoms with Crippen LogP contribution in [-0.2, 0) is 6.54 Å². The summed E-state index contributed by atoms with van der Waals surface area (Å²) >= 11 is 3.48. The smallest absolute Gasteiger partial charge is 0.259 e. The number of H-pyrrole nitrogens is 1. The number of rotatable bonds is 4. The molecule has 1 aromatic heterocycles. The Kier molecular flexibility index (Phi) is 5.55. The number of aryl methyl sites for hydroxylation is 2. The third-order valence-corrected chi connectivity index (χ3v) is 5.85. The molecule has 0 aliphatic heterocycles. The largest absolute Gasteiger partial charge is 0.321 e. The summed E-state index contributed by atoms with van der Waals surface area (Å²) in [5, 5.41) is 0.946. The van der Waals surface area contributed by atoms with Crippen LogP contribution in [0.3, 0.4) is 0 Å². The van der Waals surface area contributed by atoms with E-state index in [9.17, 15) is 9.59 Å². The number of hydrogen-bond donors (Lipinski definition) is 1. The number of carbonyl (C=O) groups is 1. The lowest BCUT2D eigenvalue weighted by atomic mass is 10.1. The summed E-state index contributed by atoms with van der Waals surface area (Å²) in [7, 11) is 0. The van der Waals surface area contributed by atoms with Crippen molar-refractivity contribution in [3.05, 3.63) is 110 Å². The van der Waals surface area contributed by atoms with Gasteiger partial charge in [0.1, 0.15) is 0 Å². The van der Waals surface area contributed by atoms with Gasteiger partial charge in [-0.05, 0) is 76.6 Å². The van der Waals surface area contributed by atoms with Crippen LogP contribution in [0, 0.1) is 13.8 Å². The minimum Gasteiger partial charge on any atom is -0.321 e. The number of nitrogens with one attached hydrogen (secondary N) is 1. The van der Waals surface area contributed by atoms with E-state index in [0.29, 0.717) is 11.1 Å². The first-order chi connectivity index (χ1) is 14.4. The van der Waals surface area contributed by atoms with Crippen LogP contribution >= 0.6 is 15.9 Å². The first kappa shape index (κ1) is 20.1. The van der Waals surface area contributed by atoms with Crippen LogP contribution in [0.25, 0.3) is 10.9 Å². The van der Waals surface area contributed by atoms with Crippen LogP contribution < -0.4 is 10.5 Å². The molecule has 150 valence electrons. The quantitative estimate of drug-likeness (QED) is 0.421. The second-order valence-corrected chi connectivity index (χ2v) is 8.23. The number of benzene rings is 3. The van der Waals surface area contributed by atoms with E-state index in [1.807, 2.05) is 80.6 Å². The Morgan fingerprint density at radius 2 is 1.73 bits per heavy atom. The van der Waals surface area contributed by atoms with E-state index in [-0.39, 0.29) is 18.0 Å². The molecule has 0 saturated heterocycles. The predicted molar refractivity (Wildman–Crippen MR) is 125 cm³/mol. The van der Waals surface area contributed by atoms with Crippen molar-refractivity contribution in [1.29, 1.82) is 0 Å². The number of aromatic nitrogens is 1. The maximum atomic E-state index is 13.5. The monoisotopic (exact) mass is 460 g/mol. The van der Waals surface area contributed by atoms with Crippen LogP contribution in [0.15, 0.2) is 82.1 Å². The Bertz CT molecular complexity index is 1310. The van der Waals surface area contributed by atoms with Crippen LogP contribution in [-0.4, -0.2) is 10.9 Å². The second-order valence-electron chi connectivity index (χ2n) is 7.37. The van der Waals surface area contributed by atoms with Gasteiger partial charge in [0.2, 0.25) is 0 Å². The number of aromatic amines is 1. The van der Waals surface area contributed by atoms with Crippen molar-refractivity contribution in [3.8, 4) is 0 Å². The minimum atomic E-state index is -0.186. The molecule has 4 aromatic rings. The maximum absolute atomic E-state index is 13.5. The Morgan fingerprint density at radius 3 is 2.50 bits per heavy atom. The highest BCUT2D eigenvalue weighted by Crippen LogP contribution is 2.25. The zero-order valence-corrected chi connectivity index (χ0v) is 18.4. The van der Waals surface area contributed by atoms with Gasteiger partial charge in [0.15, 0.2) is 0 Å². The van der Waals surface area contributed by atoms with Crippen molar-refractivity contribution in [2.75, 3.05) is 4.90 Å². The van der Waals surface area contributed by atoms with Gasteiger partial charge in [-0.15, -0.1) is 0 Å². The molecule has 1 heterocycles. The zero-order chi connectivity index (χ0) is 21.3. The fraction of sp³-hybridized carbons (Fsp3) is 0.120. The summed E-state index contributed by atoms with van der Waals surface area (Å²) in [6, 6.07) is 22.8. The average Bonchev–Trinajstić information content (AvgIpc) is 2.73. The number of fused-ring (bicyclic) bond motifs is 1. The Morgan fingerprint density at radius 1 is 0.967 bits per heavy atom. The summed E-state index contributed by atoms with van der Waals surface area (Å²) in [5.41, 5.74) is 4.53. The molecule has 1 amide bonds. The summed E-state index contributed by atoms with van der Waals surface area (Å²) in [6.07, 6.45) is 0. The van der Waals surface area contributed by atoms with E-state index in [1.165, 1.54) is 0 Å². The molecule has 0 fully saturated rings. The first-order valence-corrected chi connectivity index (χ1v) is 10.5. The van der Waals surface area contributed by atoms with Crippen LogP contribution in [0.5, 0.6) is 0 Å². The highest BCUT2D eigenvalue weighted by atomic mass is 79.9. The highest BCUT2D eigenvalue weighted by molar-refractivity contribution is 9.10. The molecule has 0 spiro atoms. The standard InChI is InChI=1S/C25H21BrN2O2/c1-16-7-5-10-20(13-16)28(25(30)21-11-3-4-12-22(21)26)15-19-14-18-9-6-8-17(2)23(18)27-24(19)29/h3-14H,15H2,1-2H3,(H,27,29). The first-order valence-electron chi connectivity index (χ1n) is 9.68. The summed E-state index contributed by atoms with van der Waals surface area (Å²) in [5.74, 6) is -0.170. The van der Waals surface area contributed by atoms with Gasteiger partial charge in [-0.25, -0.2) is 0 Å². The normalized spacial score (nSPS) is 10.9. The van der Waals surface area contributed by atoms with Gasteiger partial charge in [-0.2, -0.15) is 0 Å². The number of hydrogen-bond acceptors (Lipinski definition) is 2. The number of halogens is 1. The van der Waals surface area contributed by atoms with Crippen LogP contribution in [0.4, 0.5) is 5.69 Å². The fourth-order valence-corrected chi connectivity index (χ4v) is 4.03. The molecule has 30 heavy (non-hydrogen) atoms. The topological polar surface area (TPSA) is 53.2 Å². The number of pyridine rings is 1. The summed E-state index contributed by atoms with van der Waals surface area (Å²) in [6.45, 7) is 4.12. The van der Waals surface area contributed by atoms with Crippen LogP contribution in [0.1, 0.15) is 27.0 Å². The molecule has 4 nitrogen and oxygen atoms in total. The van der Waals surface area contributed by atoms with E-state index in [4.69, 9.17) is 0 Å². The van der Waals surface area contributed by atoms with Gasteiger partial charge < -0.3 is 9.88 Å². The van der Waals surface area contributed by atoms with E-state index in [0.717, 1.165) is 32.2 Å². The van der Waals surface area contributed by atoms with Crippen LogP contribution in [0.2, 0.25) is 0 Å². The molecular weight excluding hydrogens is 440 g/mol. The summed E-state index contributed by atoms with van der Waals surface area (Å²) in [4.78, 5) is 31.0. The molecule has 0 atom stereocenters. The van der Waals surface area contributed by atoms with Crippen molar-refractivity contribution in [2.24, 2.45) is 0 Å². The Balaban J connectivity index is 1.82. The fourth-order valence-electron chi connectivity index (χ4n) is 3.57. The molecule has 0 unspecified atom stereocenters. The number of para-hydroxylation sites is 1. The lowest BCUT2D eigenvalue weighted by Gasteiger charge is -2.24. The van der Waals surface area contributed by atoms with Gasteiger partial charge in [-0.1, -0.05) is 42.5 Å². The van der Waals surface area contributed by atoms with E-state index in [2.05, 4.69) is 20.9 Å². The van der Waals surface area contributed by atoms with Crippen molar-refractivity contribution < 1.29 is 4.79 Å². The molecule has 0 radical (unpaired) electrons. The van der Waals surface area contributed by atoms with Gasteiger partial charge in [0, 0.05) is 15.7 Å². The number of anilines is 1. The van der Waals surface area contributed by atoms with E-state index >= 15 is 0 Å². The molecule has 0 aliphatic rings. The van der Waals surface area contributed by atoms with Gasteiger partial charge in [0.05, 0.1) is 17.6 Å². The zero-order valence-electron chi connectivity index (χ0n) is 16.8. The molecule has 1 N–H and O–H groups in total. The van der Waals surface area contributed by atoms with Gasteiger partial charge in [-0.3, -0.25) is 9.59 Å². The molecule has 0 saturated carbocycles. The molecule has 4 rings (SSSR count). The average molecular weight is 461 g/mol. The Hall–Kier alpha value is -3.18. The van der Waals surface area contributed by atoms with Gasteiger partial charge in [0.25, 0.3) is 11.5 Å². The Labute approximate surface area is 183 Å². The summed E-state index contributed by atoms with van der Waals surface area (Å²) < 4.78 is 0.718. The molecule has 5 heteroatoms. The molecule has 0 aliphatic carbocycles. The van der Waals surface area contributed by atoms with Crippen molar-refractivity contribution in [1.82, 2.24) is 4.98 Å². The van der Waals surface area contributed by atoms with Crippen molar-refractivity contribution in [3.63, 3.8) is 0 Å². The molecular formula is C25H21BrN2O2. The SMILES string of the molecule is Cc1cccc(N(Cc2cc3cccc(C)c3[nH]c2=O)C(=O)c2ccccc2Br)c1. The highest BCUT2D eigenvalue weighted by Gasteiger charge is 2.21. The third-order valence-electron chi connectivity index (χ3n) is 5.16. The maximum Gasteiger partial charge on any atom is 0.259 e. The van der Waals surface area contributed by atoms with Gasteiger partial charge >= 0.3 is 0 Å². The van der Waals surface area contributed by atoms with E-state index < -0.39 is 0 Å². The molecule has 0 bridgehead atoms. The lowest BCUT2D eigenvalue weighted by Crippen LogP contribution is -2.33. The number of nitrogens with zero attached hydrogens (tertiary/aromatic N) is 1. The second kappa shape index (κ2) is 8.28. The van der Waals surface area contributed by atoms with Crippen molar-refractivity contribution in [2.45, 2.75) is 20.4 Å². The number of carbonyl (C=O) groups excluding carboxylic acids is 1. The molecule has 3 aromatic carbocycles. The third kappa shape index (κ3) is 3.94. The number of amides is 1. The van der Waals surface area contributed by atoms with Crippen molar-refractivity contribution >= 4 is 38.4 Å². The lowest BCUT2D eigenvalue weighted by molar-refractivity contribution is 0.0984. The predicted octanol–water partition coefficient (Wildman–Crippen LogP) is 5.75. The minimum absolute atomic E-state index is 0.169. The van der Waals surface area contributed by atoms with E-state index in [1.54, 1.807) is 11.0 Å².